The van der Waals surface area contributed by atoms with E-state index < -0.39 is 18.4 Å². The Hall–Kier alpha value is -0.790. The average molecular weight is 173 g/mol. The monoisotopic (exact) mass is 173 g/mol. The molecule has 0 aliphatic carbocycles. The Labute approximate surface area is 78.8 Å². The van der Waals surface area contributed by atoms with Gasteiger partial charge in [-0.1, -0.05) is 13.0 Å². The second-order valence-corrected chi connectivity index (χ2v) is 2.45. The SMILES string of the molecule is [2H]C([2H])(CC=C)[C@@]([2H])(C)OC(=O)CCC. The highest BCUT2D eigenvalue weighted by atomic mass is 16.5. The Kier molecular flexibility index (Phi) is 3.85. The molecule has 0 spiro atoms. The van der Waals surface area contributed by atoms with E-state index in [0.717, 1.165) is 0 Å². The third kappa shape index (κ3) is 5.96. The zero-order valence-corrected chi connectivity index (χ0v) is 7.72. The lowest BCUT2D eigenvalue weighted by Crippen LogP contribution is -2.13. The van der Waals surface area contributed by atoms with Gasteiger partial charge in [0.25, 0.3) is 0 Å². The molecule has 2 nitrogen and oxygen atoms in total. The minimum absolute atomic E-state index is 0.0214. The van der Waals surface area contributed by atoms with Gasteiger partial charge in [0, 0.05) is 9.16 Å². The van der Waals surface area contributed by atoms with Crippen molar-refractivity contribution in [3.63, 3.8) is 0 Å². The lowest BCUT2D eigenvalue weighted by atomic mass is 10.2. The quantitative estimate of drug-likeness (QED) is 0.456. The molecular weight excluding hydrogens is 152 g/mol. The van der Waals surface area contributed by atoms with Crippen LogP contribution in [0.15, 0.2) is 12.7 Å². The third-order valence-electron chi connectivity index (χ3n) is 1.22. The maximum absolute atomic E-state index is 11.2. The van der Waals surface area contributed by atoms with E-state index in [4.69, 9.17) is 8.85 Å². The number of carbonyl (C=O) groups excluding carboxylic acids is 1. The van der Waals surface area contributed by atoms with Gasteiger partial charge in [0.1, 0.15) is 0 Å². The predicted molar refractivity (Wildman–Crippen MR) is 49.9 cm³/mol. The summed E-state index contributed by atoms with van der Waals surface area (Å²) in [4.78, 5) is 11.2. The molecular formula is C10H18O2. The van der Waals surface area contributed by atoms with Gasteiger partial charge in [-0.3, -0.25) is 4.79 Å². The second-order valence-electron chi connectivity index (χ2n) is 2.45. The molecule has 0 saturated heterocycles. The summed E-state index contributed by atoms with van der Waals surface area (Å²) in [6, 6.07) is 0. The lowest BCUT2D eigenvalue weighted by molar-refractivity contribution is -0.148. The second kappa shape index (κ2) is 6.89. The van der Waals surface area contributed by atoms with E-state index in [9.17, 15) is 4.79 Å². The third-order valence-corrected chi connectivity index (χ3v) is 1.22. The van der Waals surface area contributed by atoms with Crippen LogP contribution in [0.1, 0.15) is 43.6 Å². The highest BCUT2D eigenvalue weighted by Gasteiger charge is 2.06. The molecule has 12 heavy (non-hydrogen) atoms. The van der Waals surface area contributed by atoms with Crippen molar-refractivity contribution in [3.05, 3.63) is 12.7 Å². The summed E-state index contributed by atoms with van der Waals surface area (Å²) >= 11 is 0. The van der Waals surface area contributed by atoms with Crippen LogP contribution in [0, 0.1) is 0 Å². The molecule has 0 heterocycles. The van der Waals surface area contributed by atoms with Crippen LogP contribution in [-0.4, -0.2) is 12.0 Å². The van der Waals surface area contributed by atoms with E-state index in [-0.39, 0.29) is 12.8 Å². The lowest BCUT2D eigenvalue weighted by Gasteiger charge is -2.11. The topological polar surface area (TPSA) is 26.3 Å². The summed E-state index contributed by atoms with van der Waals surface area (Å²) < 4.78 is 27.6. The summed E-state index contributed by atoms with van der Waals surface area (Å²) in [7, 11) is 0. The largest absolute Gasteiger partial charge is 0.463 e. The van der Waals surface area contributed by atoms with E-state index >= 15 is 0 Å². The van der Waals surface area contributed by atoms with E-state index in [0.29, 0.717) is 6.42 Å². The van der Waals surface area contributed by atoms with Crippen molar-refractivity contribution < 1.29 is 13.6 Å². The molecule has 0 radical (unpaired) electrons. The summed E-state index contributed by atoms with van der Waals surface area (Å²) in [5, 5.41) is 0. The molecule has 0 aliphatic rings. The minimum atomic E-state index is -1.92. The van der Waals surface area contributed by atoms with E-state index in [2.05, 4.69) is 6.58 Å². The normalized spacial score (nSPS) is 19.7. The summed E-state index contributed by atoms with van der Waals surface area (Å²) in [6.07, 6.45) is -1.60. The van der Waals surface area contributed by atoms with Gasteiger partial charge in [0.15, 0.2) is 0 Å². The fourth-order valence-corrected chi connectivity index (χ4v) is 0.678. The minimum Gasteiger partial charge on any atom is -0.463 e. The van der Waals surface area contributed by atoms with Crippen LogP contribution in [0.3, 0.4) is 0 Å². The number of rotatable bonds is 6. The van der Waals surface area contributed by atoms with Gasteiger partial charge in [-0.25, -0.2) is 0 Å². The first kappa shape index (κ1) is 6.70. The number of esters is 1. The van der Waals surface area contributed by atoms with Crippen molar-refractivity contribution in [1.29, 1.82) is 0 Å². The van der Waals surface area contributed by atoms with Crippen LogP contribution in [0.4, 0.5) is 0 Å². The van der Waals surface area contributed by atoms with Crippen LogP contribution < -0.4 is 0 Å². The molecule has 0 aromatic rings. The number of hydrogen-bond acceptors (Lipinski definition) is 2. The first-order chi connectivity index (χ1) is 6.77. The molecule has 2 heteroatoms. The Morgan fingerprint density at radius 3 is 3.08 bits per heavy atom. The number of ether oxygens (including phenoxy) is 1. The average Bonchev–Trinajstić information content (AvgIpc) is 2.02. The predicted octanol–water partition coefficient (Wildman–Crippen LogP) is 2.68. The smallest absolute Gasteiger partial charge is 0.306 e. The van der Waals surface area contributed by atoms with Gasteiger partial charge in [-0.05, 0) is 26.1 Å². The summed E-state index contributed by atoms with van der Waals surface area (Å²) in [6.45, 7) is 6.49. The molecule has 0 rings (SSSR count). The summed E-state index contributed by atoms with van der Waals surface area (Å²) in [5.41, 5.74) is 0. The molecule has 0 fully saturated rings. The zero-order valence-electron chi connectivity index (χ0n) is 10.7. The maximum Gasteiger partial charge on any atom is 0.306 e. The fourth-order valence-electron chi connectivity index (χ4n) is 0.678. The van der Waals surface area contributed by atoms with Crippen LogP contribution in [0.25, 0.3) is 0 Å². The molecule has 0 unspecified atom stereocenters. The van der Waals surface area contributed by atoms with Crippen LogP contribution >= 0.6 is 0 Å². The standard InChI is InChI=1S/C10H18O2/c1-4-6-8-9(3)12-10(11)7-5-2/h4,9H,1,5-8H2,2-3H3/t9-/m1/s1/i8D2,9D. The van der Waals surface area contributed by atoms with E-state index in [1.54, 1.807) is 0 Å². The van der Waals surface area contributed by atoms with Gasteiger partial charge in [0.05, 0.1) is 7.45 Å². The van der Waals surface area contributed by atoms with Crippen molar-refractivity contribution in [2.75, 3.05) is 0 Å². The van der Waals surface area contributed by atoms with E-state index in [1.165, 1.54) is 13.0 Å². The fraction of sp³-hybridized carbons (Fsp3) is 0.700. The first-order valence-electron chi connectivity index (χ1n) is 5.59. The van der Waals surface area contributed by atoms with Gasteiger partial charge in [-0.2, -0.15) is 0 Å². The van der Waals surface area contributed by atoms with Crippen molar-refractivity contribution in [2.24, 2.45) is 0 Å². The molecule has 1 atom stereocenters. The Bertz CT molecular complexity index is 237. The number of hydrogen-bond donors (Lipinski definition) is 0. The molecule has 0 saturated carbocycles. The highest BCUT2D eigenvalue weighted by Crippen LogP contribution is 2.04. The van der Waals surface area contributed by atoms with Gasteiger partial charge in [-0.15, -0.1) is 6.58 Å². The molecule has 0 bridgehead atoms. The van der Waals surface area contributed by atoms with Crippen molar-refractivity contribution >= 4 is 5.97 Å². The summed E-state index contributed by atoms with van der Waals surface area (Å²) in [5.74, 6) is -0.539. The first-order valence-corrected chi connectivity index (χ1v) is 4.09. The van der Waals surface area contributed by atoms with Gasteiger partial charge < -0.3 is 4.74 Å². The van der Waals surface area contributed by atoms with Gasteiger partial charge in [0.2, 0.25) is 0 Å². The van der Waals surface area contributed by atoms with Crippen LogP contribution in [-0.2, 0) is 9.53 Å². The highest BCUT2D eigenvalue weighted by molar-refractivity contribution is 5.69. The molecule has 0 aromatic carbocycles. The van der Waals surface area contributed by atoms with E-state index in [1.807, 2.05) is 6.92 Å². The Morgan fingerprint density at radius 2 is 2.58 bits per heavy atom. The van der Waals surface area contributed by atoms with Crippen molar-refractivity contribution in [3.8, 4) is 0 Å². The van der Waals surface area contributed by atoms with Crippen LogP contribution in [0.5, 0.6) is 0 Å². The molecule has 0 aromatic heterocycles. The maximum atomic E-state index is 11.2. The Morgan fingerprint density at radius 1 is 1.92 bits per heavy atom. The van der Waals surface area contributed by atoms with Crippen molar-refractivity contribution in [2.45, 2.75) is 45.6 Å². The Balaban J connectivity index is 4.51. The zero-order chi connectivity index (χ0) is 12.1. The molecule has 0 amide bonds. The molecule has 0 N–H and O–H groups in total. The number of allylic oxidation sites excluding steroid dienone is 1. The van der Waals surface area contributed by atoms with Gasteiger partial charge >= 0.3 is 5.97 Å². The molecule has 0 aliphatic heterocycles. The number of carbonyl (C=O) groups is 1. The molecule has 70 valence electrons. The van der Waals surface area contributed by atoms with Crippen molar-refractivity contribution in [1.82, 2.24) is 0 Å². The van der Waals surface area contributed by atoms with Crippen LogP contribution in [0.2, 0.25) is 0 Å².